The van der Waals surface area contributed by atoms with Gasteiger partial charge in [0.15, 0.2) is 0 Å². The van der Waals surface area contributed by atoms with E-state index in [2.05, 4.69) is 24.4 Å². The lowest BCUT2D eigenvalue weighted by Gasteiger charge is -2.02. The predicted molar refractivity (Wildman–Crippen MR) is 93.4 cm³/mol. The van der Waals surface area contributed by atoms with Crippen molar-refractivity contribution in [3.05, 3.63) is 12.2 Å². The van der Waals surface area contributed by atoms with Crippen LogP contribution < -0.4 is 5.32 Å². The molecule has 0 unspecified atom stereocenters. The molecule has 0 aromatic heterocycles. The second kappa shape index (κ2) is 18.7. The van der Waals surface area contributed by atoms with Gasteiger partial charge in [-0.3, -0.25) is 0 Å². The Morgan fingerprint density at radius 1 is 0.600 bits per heavy atom. The second-order valence-electron chi connectivity index (χ2n) is 6.06. The average Bonchev–Trinajstić information content (AvgIpc) is 2.47. The molecule has 20 heavy (non-hydrogen) atoms. The van der Waals surface area contributed by atoms with Gasteiger partial charge in [-0.25, -0.2) is 0 Å². The summed E-state index contributed by atoms with van der Waals surface area (Å²) in [6.45, 7) is 3.30. The molecule has 0 heterocycles. The molecule has 0 aromatic carbocycles. The first-order valence-electron chi connectivity index (χ1n) is 9.21. The zero-order valence-corrected chi connectivity index (χ0v) is 14.3. The third-order valence-electron chi connectivity index (χ3n) is 3.96. The summed E-state index contributed by atoms with van der Waals surface area (Å²) in [5.41, 5.74) is 0. The van der Waals surface area contributed by atoms with Crippen LogP contribution in [-0.4, -0.2) is 13.6 Å². The van der Waals surface area contributed by atoms with Crippen LogP contribution in [0.15, 0.2) is 12.2 Å². The normalized spacial score (nSPS) is 11.5. The highest BCUT2D eigenvalue weighted by Gasteiger charge is 1.93. The second-order valence-corrected chi connectivity index (χ2v) is 6.06. The number of hydrogen-bond donors (Lipinski definition) is 1. The van der Waals surface area contributed by atoms with Crippen molar-refractivity contribution in [3.8, 4) is 0 Å². The molecule has 0 aliphatic carbocycles. The lowest BCUT2D eigenvalue weighted by molar-refractivity contribution is 0.540. The molecule has 0 atom stereocenters. The first kappa shape index (κ1) is 19.7. The summed E-state index contributed by atoms with van der Waals surface area (Å²) in [7, 11) is 2.00. The first-order valence-corrected chi connectivity index (χ1v) is 9.21. The van der Waals surface area contributed by atoms with E-state index in [1.807, 2.05) is 7.05 Å². The topological polar surface area (TPSA) is 12.0 Å². The van der Waals surface area contributed by atoms with Crippen molar-refractivity contribution < 1.29 is 0 Å². The van der Waals surface area contributed by atoms with E-state index in [4.69, 9.17) is 0 Å². The number of allylic oxidation sites excluding steroid dienone is 1. The Hall–Kier alpha value is -0.300. The van der Waals surface area contributed by atoms with Crippen LogP contribution in [0, 0.1) is 0 Å². The molecule has 0 amide bonds. The fraction of sp³-hybridized carbons (Fsp3) is 0.895. The Kier molecular flexibility index (Phi) is 18.4. The van der Waals surface area contributed by atoms with E-state index in [1.165, 1.54) is 89.9 Å². The molecular formula is C19H39N. The molecule has 0 aliphatic rings. The molecule has 0 fully saturated rings. The van der Waals surface area contributed by atoms with Crippen LogP contribution in [0.1, 0.15) is 96.8 Å². The zero-order chi connectivity index (χ0) is 14.7. The van der Waals surface area contributed by atoms with Gasteiger partial charge >= 0.3 is 0 Å². The van der Waals surface area contributed by atoms with Gasteiger partial charge in [-0.2, -0.15) is 0 Å². The number of hydrogen-bond acceptors (Lipinski definition) is 1. The number of rotatable bonds is 16. The van der Waals surface area contributed by atoms with Crippen molar-refractivity contribution in [1.82, 2.24) is 5.32 Å². The van der Waals surface area contributed by atoms with Crippen molar-refractivity contribution in [2.24, 2.45) is 0 Å². The minimum Gasteiger partial charge on any atom is -0.316 e. The third kappa shape index (κ3) is 17.7. The van der Waals surface area contributed by atoms with Crippen LogP contribution in [-0.2, 0) is 0 Å². The molecule has 0 aliphatic heterocycles. The van der Waals surface area contributed by atoms with E-state index in [-0.39, 0.29) is 0 Å². The minimum atomic E-state index is 1.01. The molecular weight excluding hydrogens is 242 g/mol. The van der Waals surface area contributed by atoms with E-state index in [0.29, 0.717) is 0 Å². The molecule has 1 nitrogen and oxygen atoms in total. The standard InChI is InChI=1S/C19H39N/c1-3-4-5-6-7-8-9-10-11-12-13-14-15-16-17-18-19-20-2/h17-18,20H,3-16,19H2,1-2H3/b18-17+. The summed E-state index contributed by atoms with van der Waals surface area (Å²) in [6, 6.07) is 0. The maximum Gasteiger partial charge on any atom is 0.0131 e. The van der Waals surface area contributed by atoms with Gasteiger partial charge in [-0.05, 0) is 19.9 Å². The smallest absolute Gasteiger partial charge is 0.0131 e. The van der Waals surface area contributed by atoms with Crippen LogP contribution in [0.2, 0.25) is 0 Å². The summed E-state index contributed by atoms with van der Waals surface area (Å²) in [5, 5.41) is 3.13. The summed E-state index contributed by atoms with van der Waals surface area (Å²) in [6.07, 6.45) is 24.6. The number of unbranched alkanes of at least 4 members (excludes halogenated alkanes) is 13. The Morgan fingerprint density at radius 3 is 1.50 bits per heavy atom. The fourth-order valence-electron chi connectivity index (χ4n) is 2.60. The Balaban J connectivity index is 2.96. The van der Waals surface area contributed by atoms with Crippen LogP contribution in [0.3, 0.4) is 0 Å². The molecule has 0 bridgehead atoms. The summed E-state index contributed by atoms with van der Waals surface area (Å²) in [4.78, 5) is 0. The number of likely N-dealkylation sites (N-methyl/N-ethyl adjacent to an activating group) is 1. The molecule has 0 saturated heterocycles. The third-order valence-corrected chi connectivity index (χ3v) is 3.96. The van der Waals surface area contributed by atoms with Crippen LogP contribution in [0.4, 0.5) is 0 Å². The highest BCUT2D eigenvalue weighted by Crippen LogP contribution is 2.12. The molecule has 120 valence electrons. The Labute approximate surface area is 128 Å². The highest BCUT2D eigenvalue weighted by atomic mass is 14.8. The maximum atomic E-state index is 3.13. The lowest BCUT2D eigenvalue weighted by Crippen LogP contribution is -2.03. The Bertz CT molecular complexity index is 186. The summed E-state index contributed by atoms with van der Waals surface area (Å²) >= 11 is 0. The van der Waals surface area contributed by atoms with E-state index in [0.717, 1.165) is 6.54 Å². The molecule has 0 radical (unpaired) electrons. The quantitative estimate of drug-likeness (QED) is 0.261. The SMILES string of the molecule is CCCCCCCCCCCCCCC/C=C/CNC. The van der Waals surface area contributed by atoms with Gasteiger partial charge in [0, 0.05) is 6.54 Å². The Morgan fingerprint density at radius 2 is 1.05 bits per heavy atom. The van der Waals surface area contributed by atoms with Crippen LogP contribution in [0.25, 0.3) is 0 Å². The van der Waals surface area contributed by atoms with Gasteiger partial charge in [0.1, 0.15) is 0 Å². The number of nitrogens with one attached hydrogen (secondary N) is 1. The molecule has 1 heteroatoms. The van der Waals surface area contributed by atoms with Gasteiger partial charge in [0.05, 0.1) is 0 Å². The van der Waals surface area contributed by atoms with Gasteiger partial charge in [-0.1, -0.05) is 96.1 Å². The van der Waals surface area contributed by atoms with Gasteiger partial charge in [0.25, 0.3) is 0 Å². The van der Waals surface area contributed by atoms with E-state index in [9.17, 15) is 0 Å². The van der Waals surface area contributed by atoms with Gasteiger partial charge in [0.2, 0.25) is 0 Å². The molecule has 0 saturated carbocycles. The van der Waals surface area contributed by atoms with Gasteiger partial charge in [-0.15, -0.1) is 0 Å². The largest absolute Gasteiger partial charge is 0.316 e. The molecule has 0 aromatic rings. The minimum absolute atomic E-state index is 1.01. The van der Waals surface area contributed by atoms with E-state index in [1.54, 1.807) is 0 Å². The van der Waals surface area contributed by atoms with Crippen molar-refractivity contribution in [2.75, 3.05) is 13.6 Å². The summed E-state index contributed by atoms with van der Waals surface area (Å²) in [5.74, 6) is 0. The monoisotopic (exact) mass is 281 g/mol. The van der Waals surface area contributed by atoms with Crippen molar-refractivity contribution >= 4 is 0 Å². The highest BCUT2D eigenvalue weighted by molar-refractivity contribution is 4.82. The van der Waals surface area contributed by atoms with Crippen molar-refractivity contribution in [1.29, 1.82) is 0 Å². The predicted octanol–water partition coefficient (Wildman–Crippen LogP) is 6.24. The van der Waals surface area contributed by atoms with Crippen molar-refractivity contribution in [3.63, 3.8) is 0 Å². The van der Waals surface area contributed by atoms with Gasteiger partial charge < -0.3 is 5.32 Å². The van der Waals surface area contributed by atoms with Crippen LogP contribution >= 0.6 is 0 Å². The molecule has 1 N–H and O–H groups in total. The van der Waals surface area contributed by atoms with E-state index >= 15 is 0 Å². The molecule has 0 spiro atoms. The average molecular weight is 282 g/mol. The zero-order valence-electron chi connectivity index (χ0n) is 14.3. The fourth-order valence-corrected chi connectivity index (χ4v) is 2.60. The van der Waals surface area contributed by atoms with Crippen LogP contribution in [0.5, 0.6) is 0 Å². The maximum absolute atomic E-state index is 3.13. The lowest BCUT2D eigenvalue weighted by atomic mass is 10.0. The van der Waals surface area contributed by atoms with Crippen molar-refractivity contribution in [2.45, 2.75) is 96.8 Å². The van der Waals surface area contributed by atoms with E-state index < -0.39 is 0 Å². The first-order chi connectivity index (χ1) is 9.91. The summed E-state index contributed by atoms with van der Waals surface area (Å²) < 4.78 is 0. The molecule has 0 rings (SSSR count).